The van der Waals surface area contributed by atoms with Gasteiger partial charge in [0.1, 0.15) is 17.4 Å². The van der Waals surface area contributed by atoms with Crippen molar-refractivity contribution in [2.75, 3.05) is 30.8 Å². The summed E-state index contributed by atoms with van der Waals surface area (Å²) in [6.45, 7) is 1.60. The van der Waals surface area contributed by atoms with Gasteiger partial charge in [0.25, 0.3) is 5.91 Å². The van der Waals surface area contributed by atoms with Crippen molar-refractivity contribution in [1.29, 1.82) is 0 Å². The van der Waals surface area contributed by atoms with Crippen LogP contribution in [0, 0.1) is 0 Å². The number of piperidine rings is 1. The maximum Gasteiger partial charge on any atom is 0.254 e. The topological polar surface area (TPSA) is 151 Å². The number of ether oxygens (including phenoxy) is 1. The summed E-state index contributed by atoms with van der Waals surface area (Å²) in [6.07, 6.45) is 3.39. The van der Waals surface area contributed by atoms with E-state index in [-0.39, 0.29) is 17.5 Å². The third-order valence-electron chi connectivity index (χ3n) is 4.94. The average molecular weight is 382 g/mol. The van der Waals surface area contributed by atoms with Crippen molar-refractivity contribution in [3.05, 3.63) is 30.1 Å². The van der Waals surface area contributed by atoms with Crippen LogP contribution in [0.5, 0.6) is 5.88 Å². The molecule has 3 aromatic rings. The van der Waals surface area contributed by atoms with Gasteiger partial charge in [-0.3, -0.25) is 4.79 Å². The number of aromatic nitrogens is 4. The van der Waals surface area contributed by atoms with E-state index in [0.717, 1.165) is 31.6 Å². The van der Waals surface area contributed by atoms with Crippen LogP contribution in [-0.4, -0.2) is 51.7 Å². The number of hydrogen-bond donors (Lipinski definition) is 3. The Morgan fingerprint density at radius 3 is 2.89 bits per heavy atom. The predicted molar refractivity (Wildman–Crippen MR) is 105 cm³/mol. The summed E-state index contributed by atoms with van der Waals surface area (Å²) in [5.74, 6) is -0.0786. The lowest BCUT2D eigenvalue weighted by Gasteiger charge is -2.32. The maximum atomic E-state index is 11.6. The summed E-state index contributed by atoms with van der Waals surface area (Å²) < 4.78 is 6.93. The number of pyridine rings is 1. The van der Waals surface area contributed by atoms with Crippen LogP contribution in [0.4, 0.5) is 11.5 Å². The van der Waals surface area contributed by atoms with Gasteiger partial charge in [0, 0.05) is 19.1 Å². The fraction of sp³-hybridized carbons (Fsp3) is 0.333. The first-order chi connectivity index (χ1) is 13.5. The minimum atomic E-state index is -0.606. The van der Waals surface area contributed by atoms with E-state index in [0.29, 0.717) is 22.7 Å². The number of nitrogen functional groups attached to an aromatic ring is 1. The van der Waals surface area contributed by atoms with Gasteiger partial charge >= 0.3 is 0 Å². The SMILES string of the molecule is COc1nc(-c2cc(N3CCC[C@@H](N)C3)c3c(N)ncnn23)ccc1C(N)=O. The Morgan fingerprint density at radius 1 is 1.36 bits per heavy atom. The molecule has 28 heavy (non-hydrogen) atoms. The van der Waals surface area contributed by atoms with Crippen LogP contribution in [0.3, 0.4) is 0 Å². The normalized spacial score (nSPS) is 17.1. The highest BCUT2D eigenvalue weighted by Crippen LogP contribution is 2.35. The summed E-state index contributed by atoms with van der Waals surface area (Å²) in [4.78, 5) is 22.4. The van der Waals surface area contributed by atoms with E-state index in [9.17, 15) is 4.79 Å². The molecule has 1 saturated heterocycles. The number of carbonyl (C=O) groups excluding carboxylic acids is 1. The molecule has 0 bridgehead atoms. The number of carbonyl (C=O) groups is 1. The smallest absolute Gasteiger partial charge is 0.254 e. The van der Waals surface area contributed by atoms with Crippen molar-refractivity contribution in [3.63, 3.8) is 0 Å². The molecule has 3 aromatic heterocycles. The van der Waals surface area contributed by atoms with E-state index in [1.54, 1.807) is 16.6 Å². The second-order valence-electron chi connectivity index (χ2n) is 6.79. The highest BCUT2D eigenvalue weighted by atomic mass is 16.5. The van der Waals surface area contributed by atoms with E-state index in [2.05, 4.69) is 20.0 Å². The third-order valence-corrected chi connectivity index (χ3v) is 4.94. The predicted octanol–water partition coefficient (Wildman–Crippen LogP) is 0.409. The van der Waals surface area contributed by atoms with Crippen molar-refractivity contribution in [3.8, 4) is 17.3 Å². The highest BCUT2D eigenvalue weighted by Gasteiger charge is 2.24. The molecule has 0 aliphatic carbocycles. The van der Waals surface area contributed by atoms with Gasteiger partial charge < -0.3 is 26.8 Å². The maximum absolute atomic E-state index is 11.6. The monoisotopic (exact) mass is 382 g/mol. The van der Waals surface area contributed by atoms with Crippen molar-refractivity contribution in [1.82, 2.24) is 19.6 Å². The summed E-state index contributed by atoms with van der Waals surface area (Å²) in [5.41, 5.74) is 20.8. The van der Waals surface area contributed by atoms with Gasteiger partial charge in [-0.05, 0) is 31.0 Å². The van der Waals surface area contributed by atoms with Crippen molar-refractivity contribution >= 4 is 22.9 Å². The van der Waals surface area contributed by atoms with Crippen LogP contribution in [0.1, 0.15) is 23.2 Å². The molecular weight excluding hydrogens is 360 g/mol. The zero-order valence-corrected chi connectivity index (χ0v) is 15.5. The largest absolute Gasteiger partial charge is 0.480 e. The number of amides is 1. The van der Waals surface area contributed by atoms with Gasteiger partial charge in [0.05, 0.1) is 24.2 Å². The highest BCUT2D eigenvalue weighted by molar-refractivity contribution is 5.95. The zero-order chi connectivity index (χ0) is 19.8. The lowest BCUT2D eigenvalue weighted by molar-refractivity contribution is 0.0996. The molecule has 0 aromatic carbocycles. The van der Waals surface area contributed by atoms with E-state index in [1.807, 2.05) is 6.07 Å². The van der Waals surface area contributed by atoms with Crippen LogP contribution < -0.4 is 26.8 Å². The van der Waals surface area contributed by atoms with Gasteiger partial charge in [0.2, 0.25) is 5.88 Å². The molecule has 0 spiro atoms. The molecule has 4 heterocycles. The van der Waals surface area contributed by atoms with Crippen LogP contribution in [-0.2, 0) is 0 Å². The second-order valence-corrected chi connectivity index (χ2v) is 6.79. The Kier molecular flexibility index (Phi) is 4.47. The number of nitrogens with zero attached hydrogens (tertiary/aromatic N) is 5. The van der Waals surface area contributed by atoms with Gasteiger partial charge in [-0.1, -0.05) is 0 Å². The minimum absolute atomic E-state index is 0.103. The van der Waals surface area contributed by atoms with E-state index in [1.165, 1.54) is 13.4 Å². The fourth-order valence-corrected chi connectivity index (χ4v) is 3.63. The van der Waals surface area contributed by atoms with Crippen LogP contribution in [0.15, 0.2) is 24.5 Å². The average Bonchev–Trinajstić information content (AvgIpc) is 3.08. The lowest BCUT2D eigenvalue weighted by atomic mass is 10.1. The molecule has 4 rings (SSSR count). The standard InChI is InChI=1S/C18H22N8O2/c1-28-18-11(17(21)27)4-5-12(24-18)13-7-14(25-6-2-3-10(19)8-25)15-16(20)22-9-23-26(13)15/h4-5,7,9-10H,2-3,6,8,19H2,1H3,(H2,21,27)(H2,20,22,23)/t10-/m1/s1. The van der Waals surface area contributed by atoms with Gasteiger partial charge in [-0.15, -0.1) is 0 Å². The number of methoxy groups -OCH3 is 1. The van der Waals surface area contributed by atoms with E-state index in [4.69, 9.17) is 21.9 Å². The molecule has 0 saturated carbocycles. The number of anilines is 2. The molecule has 10 heteroatoms. The second kappa shape index (κ2) is 6.97. The molecule has 0 unspecified atom stereocenters. The molecule has 1 amide bonds. The van der Waals surface area contributed by atoms with Crippen molar-refractivity contribution in [2.45, 2.75) is 18.9 Å². The molecule has 1 fully saturated rings. The quantitative estimate of drug-likeness (QED) is 0.587. The Bertz CT molecular complexity index is 1050. The van der Waals surface area contributed by atoms with Gasteiger partial charge in [-0.2, -0.15) is 5.10 Å². The summed E-state index contributed by atoms with van der Waals surface area (Å²) in [7, 11) is 1.44. The van der Waals surface area contributed by atoms with E-state index >= 15 is 0 Å². The number of nitrogens with two attached hydrogens (primary N) is 3. The summed E-state index contributed by atoms with van der Waals surface area (Å²) in [6, 6.07) is 5.36. The third kappa shape index (κ3) is 2.97. The molecule has 10 nitrogen and oxygen atoms in total. The van der Waals surface area contributed by atoms with Crippen molar-refractivity contribution < 1.29 is 9.53 Å². The molecular formula is C18H22N8O2. The number of primary amides is 1. The molecule has 6 N–H and O–H groups in total. The summed E-state index contributed by atoms with van der Waals surface area (Å²) >= 11 is 0. The van der Waals surface area contributed by atoms with Crippen LogP contribution >= 0.6 is 0 Å². The van der Waals surface area contributed by atoms with E-state index < -0.39 is 5.91 Å². The Hall–Kier alpha value is -3.40. The molecule has 1 aliphatic heterocycles. The Balaban J connectivity index is 1.89. The van der Waals surface area contributed by atoms with Gasteiger partial charge in [-0.25, -0.2) is 14.5 Å². The fourth-order valence-electron chi connectivity index (χ4n) is 3.63. The molecule has 1 aliphatic rings. The first-order valence-corrected chi connectivity index (χ1v) is 8.97. The van der Waals surface area contributed by atoms with Crippen molar-refractivity contribution in [2.24, 2.45) is 11.5 Å². The Labute approximate surface area is 161 Å². The molecule has 0 radical (unpaired) electrons. The molecule has 1 atom stereocenters. The number of hydrogen-bond acceptors (Lipinski definition) is 8. The van der Waals surface area contributed by atoms with Crippen LogP contribution in [0.2, 0.25) is 0 Å². The summed E-state index contributed by atoms with van der Waals surface area (Å²) in [5, 5.41) is 4.36. The van der Waals surface area contributed by atoms with Crippen LogP contribution in [0.25, 0.3) is 16.9 Å². The first-order valence-electron chi connectivity index (χ1n) is 8.97. The van der Waals surface area contributed by atoms with Gasteiger partial charge in [0.15, 0.2) is 5.82 Å². The zero-order valence-electron chi connectivity index (χ0n) is 15.5. The first kappa shape index (κ1) is 18.0. The lowest BCUT2D eigenvalue weighted by Crippen LogP contribution is -2.42. The Morgan fingerprint density at radius 2 is 2.18 bits per heavy atom. The number of rotatable bonds is 4. The minimum Gasteiger partial charge on any atom is -0.480 e. The number of fused-ring (bicyclic) bond motifs is 1. The molecule has 146 valence electrons.